The van der Waals surface area contributed by atoms with E-state index in [1.807, 2.05) is 0 Å². The van der Waals surface area contributed by atoms with E-state index in [1.54, 1.807) is 0 Å². The van der Waals surface area contributed by atoms with Crippen molar-refractivity contribution in [1.29, 1.82) is 0 Å². The summed E-state index contributed by atoms with van der Waals surface area (Å²) in [6.07, 6.45) is 78.1. The maximum atomic E-state index is 12.9. The van der Waals surface area contributed by atoms with Crippen molar-refractivity contribution in [2.24, 2.45) is 0 Å². The first-order valence-corrected chi connectivity index (χ1v) is 40.9. The number of rotatable bonds is 72. The molecule has 5 unspecified atom stereocenters. The number of carbonyl (C=O) groups is 3. The highest BCUT2D eigenvalue weighted by Crippen LogP contribution is 2.45. The molecule has 0 aliphatic heterocycles. The van der Waals surface area contributed by atoms with Gasteiger partial charge < -0.3 is 34.2 Å². The molecule has 0 aromatic rings. The van der Waals surface area contributed by atoms with Gasteiger partial charge in [0.15, 0.2) is 6.10 Å². The van der Waals surface area contributed by atoms with E-state index in [2.05, 4.69) is 106 Å². The Morgan fingerprint density at radius 3 is 0.874 bits per heavy atom. The smallest absolute Gasteiger partial charge is 0.463 e. The molecule has 552 valence electrons. The van der Waals surface area contributed by atoms with Crippen molar-refractivity contribution in [3.05, 3.63) is 85.1 Å². The van der Waals surface area contributed by atoms with Crippen LogP contribution in [-0.4, -0.2) is 95.9 Å². The van der Waals surface area contributed by atoms with Gasteiger partial charge in [-0.15, -0.1) is 0 Å². The summed E-state index contributed by atoms with van der Waals surface area (Å²) in [7, 11) is -9.77. The van der Waals surface area contributed by atoms with Gasteiger partial charge in [-0.3, -0.25) is 32.5 Å². The van der Waals surface area contributed by atoms with Crippen molar-refractivity contribution in [2.75, 3.05) is 39.6 Å². The molecule has 0 fully saturated rings. The molecule has 0 rings (SSSR count). The predicted molar refractivity (Wildman–Crippen MR) is 390 cm³/mol. The number of phosphoric ester groups is 2. The quantitative estimate of drug-likeness (QED) is 0.0146. The SMILES string of the molecule is CCCC/C=C\CCCCCCCC(=O)OC(COC(=O)CCCCCCC/C=C\C/C=C\CCCCC)COP(=O)(O)OCC(O)COP(=O)(O)OCC(O)COC(=O)CCCCCCCCCCCCCCCCCCC/C=C\C/C=C\C/C=C\C/C=C\CCCCC. The Hall–Kier alpha value is -3.27. The van der Waals surface area contributed by atoms with Gasteiger partial charge in [-0.05, 0) is 116 Å². The first-order valence-electron chi connectivity index (χ1n) is 37.9. The number of aliphatic hydroxyl groups excluding tert-OH is 2. The van der Waals surface area contributed by atoms with Crippen LogP contribution >= 0.6 is 15.6 Å². The normalized spacial score (nSPS) is 14.6. The summed E-state index contributed by atoms with van der Waals surface area (Å²) in [5.74, 6) is -1.59. The van der Waals surface area contributed by atoms with Crippen LogP contribution in [0.3, 0.4) is 0 Å². The summed E-state index contributed by atoms with van der Waals surface area (Å²) >= 11 is 0. The van der Waals surface area contributed by atoms with E-state index in [4.69, 9.17) is 32.3 Å². The van der Waals surface area contributed by atoms with Crippen molar-refractivity contribution in [1.82, 2.24) is 0 Å². The Labute approximate surface area is 578 Å². The third-order valence-electron chi connectivity index (χ3n) is 16.1. The average Bonchev–Trinajstić information content (AvgIpc) is 2.58. The lowest BCUT2D eigenvalue weighted by Crippen LogP contribution is -2.30. The first kappa shape index (κ1) is 91.7. The Balaban J connectivity index is 4.31. The van der Waals surface area contributed by atoms with Crippen LogP contribution in [0.2, 0.25) is 0 Å². The van der Waals surface area contributed by atoms with Gasteiger partial charge in [-0.2, -0.15) is 0 Å². The Bertz CT molecular complexity index is 2070. The minimum absolute atomic E-state index is 0.0926. The Kier molecular flexibility index (Phi) is 68.2. The maximum absolute atomic E-state index is 12.9. The lowest BCUT2D eigenvalue weighted by atomic mass is 10.0. The van der Waals surface area contributed by atoms with Gasteiger partial charge in [0.25, 0.3) is 0 Å². The molecule has 0 heterocycles. The molecule has 16 nitrogen and oxygen atoms in total. The third kappa shape index (κ3) is 71.8. The van der Waals surface area contributed by atoms with Crippen molar-refractivity contribution in [3.63, 3.8) is 0 Å². The lowest BCUT2D eigenvalue weighted by molar-refractivity contribution is -0.161. The fourth-order valence-corrected chi connectivity index (χ4v) is 11.8. The zero-order valence-electron chi connectivity index (χ0n) is 60.1. The summed E-state index contributed by atoms with van der Waals surface area (Å²) in [5.41, 5.74) is 0. The zero-order valence-corrected chi connectivity index (χ0v) is 61.9. The number of unbranched alkanes of at least 4 members (excludes halogenated alkanes) is 35. The van der Waals surface area contributed by atoms with Crippen LogP contribution in [0.15, 0.2) is 85.1 Å². The number of allylic oxidation sites excluding steroid dienone is 14. The van der Waals surface area contributed by atoms with Gasteiger partial charge in [-0.25, -0.2) is 9.13 Å². The van der Waals surface area contributed by atoms with E-state index in [9.17, 15) is 43.5 Å². The van der Waals surface area contributed by atoms with Crippen molar-refractivity contribution in [2.45, 2.75) is 347 Å². The summed E-state index contributed by atoms with van der Waals surface area (Å²) < 4.78 is 60.9. The molecule has 0 bridgehead atoms. The van der Waals surface area contributed by atoms with Gasteiger partial charge in [0, 0.05) is 19.3 Å². The van der Waals surface area contributed by atoms with Crippen molar-refractivity contribution in [3.8, 4) is 0 Å². The molecule has 4 N–H and O–H groups in total. The molecule has 18 heteroatoms. The van der Waals surface area contributed by atoms with Crippen LogP contribution in [0.5, 0.6) is 0 Å². The standard InChI is InChI=1S/C77H138O16P2/c1-4-7-10-13-16-19-22-24-26-27-28-29-30-31-32-33-34-35-36-37-38-39-40-41-42-43-45-47-49-51-54-57-60-63-75(80)87-66-72(78)67-89-94(83,84)90-68-73(79)69-91-95(85,86)92-71-74(93-77(82)65-62-59-56-53-48-21-18-15-12-9-6-3)70-88-76(81)64-61-58-55-52-50-46-44-25-23-20-17-14-11-8-5-2/h15-20,24-26,28-29,31-32,44,72-74,78-79H,4-14,21-23,27,30,33-43,45-71H2,1-3H3,(H,83,84)(H,85,86)/b18-15-,19-16-,20-17-,26-24-,29-28-,32-31-,44-25-. The number of phosphoric acid groups is 2. The first-order chi connectivity index (χ1) is 46.2. The number of carbonyl (C=O) groups excluding carboxylic acids is 3. The lowest BCUT2D eigenvalue weighted by Gasteiger charge is -2.21. The molecule has 0 radical (unpaired) electrons. The molecule has 0 saturated heterocycles. The van der Waals surface area contributed by atoms with E-state index in [0.717, 1.165) is 122 Å². The molecule has 0 saturated carbocycles. The molecule has 0 aromatic heterocycles. The van der Waals surface area contributed by atoms with E-state index in [-0.39, 0.29) is 19.3 Å². The second-order valence-electron chi connectivity index (χ2n) is 25.4. The predicted octanol–water partition coefficient (Wildman–Crippen LogP) is 21.7. The monoisotopic (exact) mass is 1380 g/mol. The minimum Gasteiger partial charge on any atom is -0.463 e. The van der Waals surface area contributed by atoms with E-state index >= 15 is 0 Å². The number of ether oxygens (including phenoxy) is 3. The van der Waals surface area contributed by atoms with Crippen LogP contribution in [-0.2, 0) is 55.8 Å². The summed E-state index contributed by atoms with van der Waals surface area (Å²) in [4.78, 5) is 58.3. The van der Waals surface area contributed by atoms with Crippen LogP contribution in [0.4, 0.5) is 0 Å². The molecular weight excluding hydrogens is 1240 g/mol. The minimum atomic E-state index is -4.92. The van der Waals surface area contributed by atoms with E-state index in [0.29, 0.717) is 19.3 Å². The largest absolute Gasteiger partial charge is 0.472 e. The van der Waals surface area contributed by atoms with Gasteiger partial charge in [0.1, 0.15) is 25.4 Å². The molecule has 0 aromatic carbocycles. The van der Waals surface area contributed by atoms with Crippen LogP contribution < -0.4 is 0 Å². The zero-order chi connectivity index (χ0) is 69.5. The summed E-state index contributed by atoms with van der Waals surface area (Å²) in [5, 5.41) is 20.6. The number of hydrogen-bond donors (Lipinski definition) is 4. The maximum Gasteiger partial charge on any atom is 0.472 e. The highest BCUT2D eigenvalue weighted by molar-refractivity contribution is 7.47. The van der Waals surface area contributed by atoms with Gasteiger partial charge in [-0.1, -0.05) is 279 Å². The second kappa shape index (κ2) is 70.6. The van der Waals surface area contributed by atoms with E-state index in [1.165, 1.54) is 148 Å². The van der Waals surface area contributed by atoms with Crippen LogP contribution in [0, 0.1) is 0 Å². The van der Waals surface area contributed by atoms with Gasteiger partial charge in [0.05, 0.1) is 26.4 Å². The van der Waals surface area contributed by atoms with Crippen molar-refractivity contribution >= 4 is 33.6 Å². The molecule has 0 amide bonds. The van der Waals surface area contributed by atoms with Crippen LogP contribution in [0.1, 0.15) is 329 Å². The summed E-state index contributed by atoms with van der Waals surface area (Å²) in [6.45, 7) is 2.57. The topological polar surface area (TPSA) is 231 Å². The molecular formula is C77H138O16P2. The highest BCUT2D eigenvalue weighted by atomic mass is 31.2. The molecule has 95 heavy (non-hydrogen) atoms. The molecule has 0 aliphatic rings. The fourth-order valence-electron chi connectivity index (χ4n) is 10.2. The van der Waals surface area contributed by atoms with Gasteiger partial charge >= 0.3 is 33.6 Å². The van der Waals surface area contributed by atoms with Crippen LogP contribution in [0.25, 0.3) is 0 Å². The Morgan fingerprint density at radius 2 is 0.537 bits per heavy atom. The highest BCUT2D eigenvalue weighted by Gasteiger charge is 2.29. The van der Waals surface area contributed by atoms with Gasteiger partial charge in [0.2, 0.25) is 0 Å². The third-order valence-corrected chi connectivity index (χ3v) is 18.0. The summed E-state index contributed by atoms with van der Waals surface area (Å²) in [6, 6.07) is 0. The number of aliphatic hydroxyl groups is 2. The van der Waals surface area contributed by atoms with Crippen molar-refractivity contribution < 1.29 is 75.8 Å². The Morgan fingerprint density at radius 1 is 0.295 bits per heavy atom. The average molecular weight is 1380 g/mol. The fraction of sp³-hybridized carbons (Fsp3) is 0.779. The molecule has 0 spiro atoms. The molecule has 5 atom stereocenters. The molecule has 0 aliphatic carbocycles. The number of esters is 3. The van der Waals surface area contributed by atoms with E-state index < -0.39 is 91.5 Å². The second-order valence-corrected chi connectivity index (χ2v) is 28.4. The number of hydrogen-bond acceptors (Lipinski definition) is 14.